The Hall–Kier alpha value is -1.46. The quantitative estimate of drug-likeness (QED) is 0.776. The molecular weight excluding hydrogens is 206 g/mol. The highest BCUT2D eigenvalue weighted by molar-refractivity contribution is 5.70. The standard InChI is InChI=1S/C11H15N3O2/c1-8-3-4-9-11(12-8)14-10(13-9)7-16-6-5-15-2/h3-4H,5-7H2,1-2H3,(H,12,13,14). The lowest BCUT2D eigenvalue weighted by molar-refractivity contribution is 0.0590. The Morgan fingerprint density at radius 1 is 1.25 bits per heavy atom. The van der Waals surface area contributed by atoms with Gasteiger partial charge in [0, 0.05) is 12.8 Å². The molecule has 0 saturated heterocycles. The number of aromatic nitrogens is 3. The van der Waals surface area contributed by atoms with E-state index in [0.29, 0.717) is 19.8 Å². The van der Waals surface area contributed by atoms with Crippen molar-refractivity contribution in [2.24, 2.45) is 0 Å². The minimum absolute atomic E-state index is 0.457. The normalized spacial score (nSPS) is 11.1. The van der Waals surface area contributed by atoms with Crippen molar-refractivity contribution in [1.82, 2.24) is 15.0 Å². The van der Waals surface area contributed by atoms with Crippen molar-refractivity contribution < 1.29 is 9.47 Å². The molecule has 0 atom stereocenters. The van der Waals surface area contributed by atoms with E-state index >= 15 is 0 Å². The molecular formula is C11H15N3O2. The van der Waals surface area contributed by atoms with E-state index in [1.165, 1.54) is 0 Å². The molecule has 0 radical (unpaired) electrons. The zero-order valence-electron chi connectivity index (χ0n) is 9.49. The Kier molecular flexibility index (Phi) is 3.48. The molecule has 2 aromatic rings. The van der Waals surface area contributed by atoms with Crippen LogP contribution in [0.5, 0.6) is 0 Å². The van der Waals surface area contributed by atoms with E-state index in [1.807, 2.05) is 19.1 Å². The van der Waals surface area contributed by atoms with Crippen molar-refractivity contribution in [2.45, 2.75) is 13.5 Å². The first-order chi connectivity index (χ1) is 7.79. The summed E-state index contributed by atoms with van der Waals surface area (Å²) in [4.78, 5) is 11.8. The number of methoxy groups -OCH3 is 1. The number of nitrogens with one attached hydrogen (secondary N) is 1. The minimum Gasteiger partial charge on any atom is -0.382 e. The van der Waals surface area contributed by atoms with Crippen molar-refractivity contribution in [2.75, 3.05) is 20.3 Å². The van der Waals surface area contributed by atoms with Gasteiger partial charge in [-0.2, -0.15) is 0 Å². The monoisotopic (exact) mass is 221 g/mol. The molecule has 1 N–H and O–H groups in total. The maximum atomic E-state index is 5.37. The van der Waals surface area contributed by atoms with Crippen LogP contribution in [0.25, 0.3) is 11.2 Å². The molecule has 2 aromatic heterocycles. The molecule has 0 amide bonds. The fraction of sp³-hybridized carbons (Fsp3) is 0.455. The Morgan fingerprint density at radius 3 is 2.94 bits per heavy atom. The van der Waals surface area contributed by atoms with Crippen molar-refractivity contribution in [1.29, 1.82) is 0 Å². The van der Waals surface area contributed by atoms with E-state index in [0.717, 1.165) is 22.7 Å². The van der Waals surface area contributed by atoms with Gasteiger partial charge in [0.15, 0.2) is 5.65 Å². The molecule has 0 aliphatic heterocycles. The van der Waals surface area contributed by atoms with Crippen LogP contribution in [0.3, 0.4) is 0 Å². The van der Waals surface area contributed by atoms with Crippen LogP contribution in [0.15, 0.2) is 12.1 Å². The molecule has 5 nitrogen and oxygen atoms in total. The molecule has 0 fully saturated rings. The summed E-state index contributed by atoms with van der Waals surface area (Å²) < 4.78 is 10.3. The summed E-state index contributed by atoms with van der Waals surface area (Å²) in [7, 11) is 1.65. The number of hydrogen-bond acceptors (Lipinski definition) is 4. The van der Waals surface area contributed by atoms with Crippen LogP contribution in [-0.4, -0.2) is 35.3 Å². The Balaban J connectivity index is 2.02. The van der Waals surface area contributed by atoms with Crippen LogP contribution in [0.2, 0.25) is 0 Å². The molecule has 2 rings (SSSR count). The SMILES string of the molecule is COCCOCc1nc2nc(C)ccc2[nH]1. The fourth-order valence-electron chi connectivity index (χ4n) is 1.42. The number of ether oxygens (including phenoxy) is 2. The van der Waals surface area contributed by atoms with Crippen molar-refractivity contribution in [3.8, 4) is 0 Å². The van der Waals surface area contributed by atoms with Crippen LogP contribution in [0.4, 0.5) is 0 Å². The topological polar surface area (TPSA) is 60.0 Å². The van der Waals surface area contributed by atoms with Gasteiger partial charge in [0.2, 0.25) is 0 Å². The highest BCUT2D eigenvalue weighted by Gasteiger charge is 2.03. The molecule has 0 spiro atoms. The molecule has 0 saturated carbocycles. The highest BCUT2D eigenvalue weighted by Crippen LogP contribution is 2.09. The summed E-state index contributed by atoms with van der Waals surface area (Å²) in [6.45, 7) is 3.57. The Bertz CT molecular complexity index is 467. The fourth-order valence-corrected chi connectivity index (χ4v) is 1.42. The molecule has 86 valence electrons. The summed E-state index contributed by atoms with van der Waals surface area (Å²) in [6.07, 6.45) is 0. The first kappa shape index (κ1) is 11.0. The largest absolute Gasteiger partial charge is 0.382 e. The second-order valence-electron chi connectivity index (χ2n) is 3.55. The third-order valence-corrected chi connectivity index (χ3v) is 2.20. The van der Waals surface area contributed by atoms with Crippen LogP contribution in [0.1, 0.15) is 11.5 Å². The molecule has 0 unspecified atom stereocenters. The van der Waals surface area contributed by atoms with Gasteiger partial charge in [0.05, 0.1) is 18.7 Å². The number of aromatic amines is 1. The Labute approximate surface area is 93.8 Å². The van der Waals surface area contributed by atoms with Crippen LogP contribution in [-0.2, 0) is 16.1 Å². The van der Waals surface area contributed by atoms with Gasteiger partial charge in [-0.05, 0) is 19.1 Å². The second-order valence-corrected chi connectivity index (χ2v) is 3.55. The van der Waals surface area contributed by atoms with Gasteiger partial charge >= 0.3 is 0 Å². The summed E-state index contributed by atoms with van der Waals surface area (Å²) in [6, 6.07) is 3.93. The zero-order valence-corrected chi connectivity index (χ0v) is 9.49. The van der Waals surface area contributed by atoms with Crippen LogP contribution in [0, 0.1) is 6.92 Å². The summed E-state index contributed by atoms with van der Waals surface area (Å²) >= 11 is 0. The lowest BCUT2D eigenvalue weighted by Gasteiger charge is -1.99. The van der Waals surface area contributed by atoms with Gasteiger partial charge in [-0.15, -0.1) is 0 Å². The maximum Gasteiger partial charge on any atom is 0.178 e. The van der Waals surface area contributed by atoms with E-state index in [2.05, 4.69) is 15.0 Å². The number of H-pyrrole nitrogens is 1. The van der Waals surface area contributed by atoms with E-state index in [9.17, 15) is 0 Å². The second kappa shape index (κ2) is 5.05. The molecule has 0 aliphatic carbocycles. The van der Waals surface area contributed by atoms with E-state index < -0.39 is 0 Å². The van der Waals surface area contributed by atoms with Gasteiger partial charge < -0.3 is 14.5 Å². The number of rotatable bonds is 5. The predicted octanol–water partition coefficient (Wildman–Crippen LogP) is 1.43. The van der Waals surface area contributed by atoms with Crippen molar-refractivity contribution in [3.05, 3.63) is 23.7 Å². The average molecular weight is 221 g/mol. The first-order valence-electron chi connectivity index (χ1n) is 5.18. The number of imidazole rings is 1. The van der Waals surface area contributed by atoms with Gasteiger partial charge in [-0.25, -0.2) is 9.97 Å². The molecule has 5 heteroatoms. The Morgan fingerprint density at radius 2 is 2.12 bits per heavy atom. The summed E-state index contributed by atoms with van der Waals surface area (Å²) in [5.41, 5.74) is 2.65. The lowest BCUT2D eigenvalue weighted by atomic mass is 10.4. The van der Waals surface area contributed by atoms with Crippen LogP contribution < -0.4 is 0 Å². The van der Waals surface area contributed by atoms with Gasteiger partial charge in [-0.1, -0.05) is 0 Å². The molecule has 0 bridgehead atoms. The van der Waals surface area contributed by atoms with Gasteiger partial charge in [0.25, 0.3) is 0 Å². The summed E-state index contributed by atoms with van der Waals surface area (Å²) in [5.74, 6) is 0.796. The minimum atomic E-state index is 0.457. The van der Waals surface area contributed by atoms with E-state index in [1.54, 1.807) is 7.11 Å². The smallest absolute Gasteiger partial charge is 0.178 e. The predicted molar refractivity (Wildman–Crippen MR) is 60.2 cm³/mol. The molecule has 16 heavy (non-hydrogen) atoms. The van der Waals surface area contributed by atoms with Gasteiger partial charge in [0.1, 0.15) is 12.4 Å². The first-order valence-corrected chi connectivity index (χ1v) is 5.18. The third-order valence-electron chi connectivity index (χ3n) is 2.20. The molecule has 0 aliphatic rings. The summed E-state index contributed by atoms with van der Waals surface area (Å²) in [5, 5.41) is 0. The number of aryl methyl sites for hydroxylation is 1. The zero-order chi connectivity index (χ0) is 11.4. The lowest BCUT2D eigenvalue weighted by Crippen LogP contribution is -2.02. The van der Waals surface area contributed by atoms with E-state index in [4.69, 9.17) is 9.47 Å². The van der Waals surface area contributed by atoms with E-state index in [-0.39, 0.29) is 0 Å². The van der Waals surface area contributed by atoms with Crippen molar-refractivity contribution in [3.63, 3.8) is 0 Å². The maximum absolute atomic E-state index is 5.37. The highest BCUT2D eigenvalue weighted by atomic mass is 16.5. The number of fused-ring (bicyclic) bond motifs is 1. The van der Waals surface area contributed by atoms with Gasteiger partial charge in [-0.3, -0.25) is 0 Å². The molecule has 2 heterocycles. The molecule has 0 aromatic carbocycles. The van der Waals surface area contributed by atoms with Crippen LogP contribution >= 0.6 is 0 Å². The third kappa shape index (κ3) is 2.56. The number of nitrogens with zero attached hydrogens (tertiary/aromatic N) is 2. The number of pyridine rings is 1. The van der Waals surface area contributed by atoms with Crippen molar-refractivity contribution >= 4 is 11.2 Å². The number of hydrogen-bond donors (Lipinski definition) is 1. The average Bonchev–Trinajstić information content (AvgIpc) is 2.66.